The first-order chi connectivity index (χ1) is 13.2. The van der Waals surface area contributed by atoms with Crippen LogP contribution in [0.1, 0.15) is 40.4 Å². The van der Waals surface area contributed by atoms with E-state index in [-0.39, 0.29) is 18.6 Å². The Kier molecular flexibility index (Phi) is 4.96. The molecule has 0 spiro atoms. The molecule has 1 N–H and O–H groups in total. The van der Waals surface area contributed by atoms with Crippen molar-refractivity contribution in [3.8, 4) is 11.5 Å². The lowest BCUT2D eigenvalue weighted by Gasteiger charge is -2.26. The van der Waals surface area contributed by atoms with E-state index in [1.807, 2.05) is 18.2 Å². The molecule has 1 aliphatic carbocycles. The third-order valence-corrected chi connectivity index (χ3v) is 4.82. The van der Waals surface area contributed by atoms with Gasteiger partial charge in [-0.05, 0) is 48.6 Å². The van der Waals surface area contributed by atoms with Crippen molar-refractivity contribution in [2.45, 2.75) is 25.3 Å². The molecule has 6 nitrogen and oxygen atoms in total. The van der Waals surface area contributed by atoms with Crippen LogP contribution in [0.5, 0.6) is 11.5 Å². The molecule has 2 aromatic rings. The number of aryl methyl sites for hydroxylation is 1. The summed E-state index contributed by atoms with van der Waals surface area (Å²) in [6, 6.07) is 12.9. The molecular formula is C21H21NO5. The summed E-state index contributed by atoms with van der Waals surface area (Å²) >= 11 is 0. The van der Waals surface area contributed by atoms with Crippen LogP contribution < -0.4 is 14.8 Å². The van der Waals surface area contributed by atoms with Gasteiger partial charge in [0, 0.05) is 0 Å². The second-order valence-electron chi connectivity index (χ2n) is 6.65. The van der Waals surface area contributed by atoms with Crippen molar-refractivity contribution >= 4 is 11.9 Å². The van der Waals surface area contributed by atoms with Crippen LogP contribution in [0.3, 0.4) is 0 Å². The van der Waals surface area contributed by atoms with Gasteiger partial charge in [-0.3, -0.25) is 4.79 Å². The molecule has 0 unspecified atom stereocenters. The number of hydrogen-bond donors (Lipinski definition) is 1. The first-order valence-electron chi connectivity index (χ1n) is 9.14. The molecule has 1 aliphatic heterocycles. The van der Waals surface area contributed by atoms with E-state index in [1.165, 1.54) is 5.56 Å². The summed E-state index contributed by atoms with van der Waals surface area (Å²) in [5, 5.41) is 2.97. The van der Waals surface area contributed by atoms with E-state index in [4.69, 9.17) is 14.2 Å². The monoisotopic (exact) mass is 367 g/mol. The zero-order valence-electron chi connectivity index (χ0n) is 14.9. The molecule has 0 saturated carbocycles. The molecule has 2 aliphatic rings. The summed E-state index contributed by atoms with van der Waals surface area (Å²) in [5.74, 6) is 0.249. The van der Waals surface area contributed by atoms with E-state index in [0.717, 1.165) is 24.8 Å². The van der Waals surface area contributed by atoms with Crippen LogP contribution in [0.4, 0.5) is 0 Å². The fourth-order valence-electron chi connectivity index (χ4n) is 3.52. The zero-order valence-corrected chi connectivity index (χ0v) is 14.9. The number of benzene rings is 2. The summed E-state index contributed by atoms with van der Waals surface area (Å²) < 4.78 is 16.1. The zero-order chi connectivity index (χ0) is 18.6. The van der Waals surface area contributed by atoms with Gasteiger partial charge in [-0.1, -0.05) is 24.3 Å². The quantitative estimate of drug-likeness (QED) is 0.841. The lowest BCUT2D eigenvalue weighted by atomic mass is 9.88. The summed E-state index contributed by atoms with van der Waals surface area (Å²) in [6.45, 7) is 0.615. The second kappa shape index (κ2) is 7.70. The van der Waals surface area contributed by atoms with Crippen LogP contribution in [-0.4, -0.2) is 31.7 Å². The number of amides is 1. The number of nitrogens with one attached hydrogen (secondary N) is 1. The summed E-state index contributed by atoms with van der Waals surface area (Å²) in [7, 11) is 0. The SMILES string of the molecule is O=C(COC(=O)c1ccc2c(c1)OCCO2)N[C@@H]1CCCc2ccccc21. The Hall–Kier alpha value is -3.02. The molecule has 0 bridgehead atoms. The van der Waals surface area contributed by atoms with E-state index < -0.39 is 5.97 Å². The van der Waals surface area contributed by atoms with E-state index in [0.29, 0.717) is 30.3 Å². The normalized spacial score (nSPS) is 17.6. The van der Waals surface area contributed by atoms with Crippen LogP contribution in [0.15, 0.2) is 42.5 Å². The molecule has 2 aromatic carbocycles. The molecule has 4 rings (SSSR count). The highest BCUT2D eigenvalue weighted by atomic mass is 16.6. The maximum Gasteiger partial charge on any atom is 0.338 e. The molecule has 6 heteroatoms. The molecule has 27 heavy (non-hydrogen) atoms. The number of carbonyl (C=O) groups excluding carboxylic acids is 2. The third kappa shape index (κ3) is 3.89. The van der Waals surface area contributed by atoms with Gasteiger partial charge < -0.3 is 19.5 Å². The van der Waals surface area contributed by atoms with Gasteiger partial charge >= 0.3 is 5.97 Å². The van der Waals surface area contributed by atoms with Gasteiger partial charge in [0.15, 0.2) is 18.1 Å². The molecule has 140 valence electrons. The van der Waals surface area contributed by atoms with E-state index in [2.05, 4.69) is 11.4 Å². The molecular weight excluding hydrogens is 346 g/mol. The van der Waals surface area contributed by atoms with Crippen LogP contribution in [-0.2, 0) is 16.0 Å². The number of carbonyl (C=O) groups is 2. The van der Waals surface area contributed by atoms with Crippen molar-refractivity contribution in [2.75, 3.05) is 19.8 Å². The predicted octanol–water partition coefficient (Wildman–Crippen LogP) is 2.81. The molecule has 1 atom stereocenters. The van der Waals surface area contributed by atoms with Crippen LogP contribution in [0, 0.1) is 0 Å². The molecule has 1 amide bonds. The van der Waals surface area contributed by atoms with Crippen molar-refractivity contribution in [1.29, 1.82) is 0 Å². The van der Waals surface area contributed by atoms with Crippen molar-refractivity contribution in [2.24, 2.45) is 0 Å². The number of fused-ring (bicyclic) bond motifs is 2. The van der Waals surface area contributed by atoms with Crippen molar-refractivity contribution in [3.05, 3.63) is 59.2 Å². The third-order valence-electron chi connectivity index (χ3n) is 4.82. The highest BCUT2D eigenvalue weighted by Crippen LogP contribution is 2.31. The Morgan fingerprint density at radius 3 is 2.78 bits per heavy atom. The average Bonchev–Trinajstić information content (AvgIpc) is 2.72. The number of hydrogen-bond acceptors (Lipinski definition) is 5. The lowest BCUT2D eigenvalue weighted by Crippen LogP contribution is -2.34. The van der Waals surface area contributed by atoms with Gasteiger partial charge in [0.1, 0.15) is 13.2 Å². The fourth-order valence-corrected chi connectivity index (χ4v) is 3.52. The minimum absolute atomic E-state index is 0.0320. The Balaban J connectivity index is 1.34. The number of rotatable bonds is 4. The Morgan fingerprint density at radius 2 is 1.89 bits per heavy atom. The summed E-state index contributed by atoms with van der Waals surface area (Å²) in [5.41, 5.74) is 2.74. The van der Waals surface area contributed by atoms with Gasteiger partial charge in [-0.2, -0.15) is 0 Å². The van der Waals surface area contributed by atoms with Crippen LogP contribution >= 0.6 is 0 Å². The van der Waals surface area contributed by atoms with Gasteiger partial charge in [0.25, 0.3) is 5.91 Å². The molecule has 0 saturated heterocycles. The largest absolute Gasteiger partial charge is 0.486 e. The van der Waals surface area contributed by atoms with Gasteiger partial charge in [-0.15, -0.1) is 0 Å². The highest BCUT2D eigenvalue weighted by Gasteiger charge is 2.22. The van der Waals surface area contributed by atoms with Crippen LogP contribution in [0.2, 0.25) is 0 Å². The Morgan fingerprint density at radius 1 is 1.07 bits per heavy atom. The second-order valence-corrected chi connectivity index (χ2v) is 6.65. The van der Waals surface area contributed by atoms with Crippen molar-refractivity contribution in [1.82, 2.24) is 5.32 Å². The summed E-state index contributed by atoms with van der Waals surface area (Å²) in [6.07, 6.45) is 2.94. The Labute approximate surface area is 157 Å². The number of esters is 1. The topological polar surface area (TPSA) is 73.9 Å². The fraction of sp³-hybridized carbons (Fsp3) is 0.333. The minimum Gasteiger partial charge on any atom is -0.486 e. The summed E-state index contributed by atoms with van der Waals surface area (Å²) in [4.78, 5) is 24.5. The standard InChI is InChI=1S/C21H21NO5/c23-20(22-17-7-3-5-14-4-1-2-6-16(14)17)13-27-21(24)15-8-9-18-19(12-15)26-11-10-25-18/h1-2,4,6,8-9,12,17H,3,5,7,10-11,13H2,(H,22,23)/t17-/m1/s1. The van der Waals surface area contributed by atoms with Crippen LogP contribution in [0.25, 0.3) is 0 Å². The lowest BCUT2D eigenvalue weighted by molar-refractivity contribution is -0.125. The highest BCUT2D eigenvalue weighted by molar-refractivity contribution is 5.92. The first-order valence-corrected chi connectivity index (χ1v) is 9.14. The average molecular weight is 367 g/mol. The van der Waals surface area contributed by atoms with Crippen molar-refractivity contribution < 1.29 is 23.8 Å². The maximum absolute atomic E-state index is 12.3. The van der Waals surface area contributed by atoms with Gasteiger partial charge in [0.05, 0.1) is 11.6 Å². The number of ether oxygens (including phenoxy) is 3. The van der Waals surface area contributed by atoms with Gasteiger partial charge in [0.2, 0.25) is 0 Å². The van der Waals surface area contributed by atoms with Crippen molar-refractivity contribution in [3.63, 3.8) is 0 Å². The predicted molar refractivity (Wildman–Crippen MR) is 98.0 cm³/mol. The van der Waals surface area contributed by atoms with Gasteiger partial charge in [-0.25, -0.2) is 4.79 Å². The molecule has 0 fully saturated rings. The van der Waals surface area contributed by atoms with E-state index in [1.54, 1.807) is 18.2 Å². The smallest absolute Gasteiger partial charge is 0.338 e. The molecule has 0 radical (unpaired) electrons. The first kappa shape index (κ1) is 17.4. The molecule has 1 heterocycles. The minimum atomic E-state index is -0.564. The molecule has 0 aromatic heterocycles. The van der Waals surface area contributed by atoms with E-state index >= 15 is 0 Å². The Bertz CT molecular complexity index is 863. The maximum atomic E-state index is 12.3. The van der Waals surface area contributed by atoms with E-state index in [9.17, 15) is 9.59 Å².